The van der Waals surface area contributed by atoms with E-state index in [0.29, 0.717) is 34.3 Å². The van der Waals surface area contributed by atoms with Crippen LogP contribution < -0.4 is 14.8 Å². The van der Waals surface area contributed by atoms with Crippen LogP contribution >= 0.6 is 11.6 Å². The number of carbonyl (C=O) groups is 2. The number of rotatable bonds is 4. The van der Waals surface area contributed by atoms with Crippen molar-refractivity contribution < 1.29 is 19.1 Å². The minimum Gasteiger partial charge on any atom is -0.495 e. The minimum atomic E-state index is -0.592. The molecule has 0 saturated heterocycles. The average Bonchev–Trinajstić information content (AvgIpc) is 2.84. The van der Waals surface area contributed by atoms with Crippen LogP contribution in [0.3, 0.4) is 0 Å². The van der Waals surface area contributed by atoms with Crippen molar-refractivity contribution in [1.82, 2.24) is 4.90 Å². The monoisotopic (exact) mass is 462 g/mol. The van der Waals surface area contributed by atoms with Crippen LogP contribution in [-0.4, -0.2) is 37.5 Å². The first-order valence-electron chi connectivity index (χ1n) is 10.7. The summed E-state index contributed by atoms with van der Waals surface area (Å²) in [4.78, 5) is 29.0. The summed E-state index contributed by atoms with van der Waals surface area (Å²) < 4.78 is 10.7. The summed E-state index contributed by atoms with van der Waals surface area (Å²) >= 11 is 6.32. The number of carbonyl (C=O) groups excluding carboxylic acids is 2. The Balaban J connectivity index is 1.61. The molecule has 5 rings (SSSR count). The number of methoxy groups -OCH3 is 2. The zero-order valence-electron chi connectivity index (χ0n) is 18.3. The van der Waals surface area contributed by atoms with Crippen molar-refractivity contribution in [2.24, 2.45) is 0 Å². The minimum absolute atomic E-state index is 0.0424. The third-order valence-electron chi connectivity index (χ3n) is 6.45. The lowest BCUT2D eigenvalue weighted by Crippen LogP contribution is -2.49. The van der Waals surface area contributed by atoms with Gasteiger partial charge in [-0.05, 0) is 35.2 Å². The summed E-state index contributed by atoms with van der Waals surface area (Å²) in [5, 5.41) is 3.36. The molecule has 2 amide bonds. The Hall–Kier alpha value is -3.51. The normalized spacial score (nSPS) is 18.6. The van der Waals surface area contributed by atoms with Crippen molar-refractivity contribution in [3.05, 3.63) is 87.9 Å². The van der Waals surface area contributed by atoms with E-state index in [1.165, 1.54) is 14.2 Å². The molecule has 7 heteroatoms. The first kappa shape index (κ1) is 21.3. The summed E-state index contributed by atoms with van der Waals surface area (Å²) in [5.74, 6) is 0.0181. The molecule has 0 unspecified atom stereocenters. The Labute approximate surface area is 197 Å². The number of ether oxygens (including phenoxy) is 2. The molecule has 3 aromatic rings. The number of benzene rings is 3. The fourth-order valence-corrected chi connectivity index (χ4v) is 5.17. The molecule has 2 heterocycles. The number of halogens is 1. The molecule has 2 aliphatic heterocycles. The van der Waals surface area contributed by atoms with Gasteiger partial charge in [0, 0.05) is 18.2 Å². The molecule has 168 valence electrons. The second-order valence-electron chi connectivity index (χ2n) is 8.13. The second kappa shape index (κ2) is 8.45. The van der Waals surface area contributed by atoms with Gasteiger partial charge in [-0.25, -0.2) is 0 Å². The number of nitrogens with zero attached hydrogens (tertiary/aromatic N) is 1. The number of hydrogen-bond acceptors (Lipinski definition) is 4. The Kier molecular flexibility index (Phi) is 5.46. The lowest BCUT2D eigenvalue weighted by atomic mass is 9.76. The predicted octanol–water partition coefficient (Wildman–Crippen LogP) is 4.83. The number of fused-ring (bicyclic) bond motifs is 4. The van der Waals surface area contributed by atoms with Crippen molar-refractivity contribution in [3.63, 3.8) is 0 Å². The van der Waals surface area contributed by atoms with Crippen LogP contribution in [0, 0.1) is 0 Å². The molecule has 33 heavy (non-hydrogen) atoms. The molecule has 2 atom stereocenters. The van der Waals surface area contributed by atoms with Crippen LogP contribution in [0.1, 0.15) is 39.0 Å². The molecule has 3 aromatic carbocycles. The summed E-state index contributed by atoms with van der Waals surface area (Å²) in [6.45, 7) is 0.566. The van der Waals surface area contributed by atoms with Gasteiger partial charge in [0.15, 0.2) is 0 Å². The number of anilines is 1. The van der Waals surface area contributed by atoms with Gasteiger partial charge in [-0.3, -0.25) is 9.59 Å². The van der Waals surface area contributed by atoms with Gasteiger partial charge in [0.05, 0.1) is 36.9 Å². The highest BCUT2D eigenvalue weighted by Gasteiger charge is 2.46. The van der Waals surface area contributed by atoms with Crippen molar-refractivity contribution in [2.75, 3.05) is 26.1 Å². The largest absolute Gasteiger partial charge is 0.495 e. The fraction of sp³-hybridized carbons (Fsp3) is 0.231. The lowest BCUT2D eigenvalue weighted by molar-refractivity contribution is -0.119. The molecular formula is C26H23ClN2O4. The van der Waals surface area contributed by atoms with Gasteiger partial charge in [-0.1, -0.05) is 54.1 Å². The van der Waals surface area contributed by atoms with E-state index in [1.54, 1.807) is 18.2 Å². The van der Waals surface area contributed by atoms with Gasteiger partial charge in [-0.2, -0.15) is 0 Å². The molecule has 0 aromatic heterocycles. The summed E-state index contributed by atoms with van der Waals surface area (Å²) in [5.41, 5.74) is 3.89. The Bertz CT molecular complexity index is 1260. The highest BCUT2D eigenvalue weighted by molar-refractivity contribution is 6.32. The highest BCUT2D eigenvalue weighted by atomic mass is 35.5. The van der Waals surface area contributed by atoms with E-state index < -0.39 is 12.0 Å². The Morgan fingerprint density at radius 3 is 2.45 bits per heavy atom. The van der Waals surface area contributed by atoms with Crippen molar-refractivity contribution >= 4 is 29.1 Å². The molecule has 1 N–H and O–H groups in total. The first-order valence-corrected chi connectivity index (χ1v) is 11.1. The van der Waals surface area contributed by atoms with Gasteiger partial charge in [-0.15, -0.1) is 0 Å². The fourth-order valence-electron chi connectivity index (χ4n) is 4.93. The van der Waals surface area contributed by atoms with Crippen LogP contribution in [0.2, 0.25) is 5.02 Å². The lowest BCUT2D eigenvalue weighted by Gasteiger charge is -2.45. The van der Waals surface area contributed by atoms with Crippen LogP contribution in [0.5, 0.6) is 11.5 Å². The van der Waals surface area contributed by atoms with Crippen LogP contribution in [0.25, 0.3) is 0 Å². The van der Waals surface area contributed by atoms with Crippen molar-refractivity contribution in [2.45, 2.75) is 18.4 Å². The molecular weight excluding hydrogens is 440 g/mol. The van der Waals surface area contributed by atoms with E-state index in [-0.39, 0.29) is 11.8 Å². The number of nitrogens with one attached hydrogen (secondary N) is 1. The SMILES string of the molecule is COc1cc(OC)c(NC(=O)[C@H]2c3ccccc3C(=O)N3CCc4ccccc4[C@H]23)cc1Cl. The number of amides is 2. The van der Waals surface area contributed by atoms with E-state index >= 15 is 0 Å². The molecule has 0 fully saturated rings. The van der Waals surface area contributed by atoms with Crippen LogP contribution in [-0.2, 0) is 11.2 Å². The summed E-state index contributed by atoms with van der Waals surface area (Å²) in [6, 6.07) is 18.2. The topological polar surface area (TPSA) is 67.9 Å². The van der Waals surface area contributed by atoms with E-state index in [4.69, 9.17) is 21.1 Å². The Morgan fingerprint density at radius 2 is 1.70 bits per heavy atom. The molecule has 2 aliphatic rings. The van der Waals surface area contributed by atoms with E-state index in [1.807, 2.05) is 41.3 Å². The standard InChI is InChI=1S/C26H23ClN2O4/c1-32-21-14-22(33-2)20(13-19(21)27)28-25(30)23-17-9-5-6-10-18(17)26(31)29-12-11-15-7-3-4-8-16(15)24(23)29/h3-10,13-14,23-24H,11-12H2,1-2H3,(H,28,30)/t23-,24+/m0/s1. The first-order chi connectivity index (χ1) is 16.0. The van der Waals surface area contributed by atoms with Crippen LogP contribution in [0.15, 0.2) is 60.7 Å². The maximum atomic E-state index is 13.9. The van der Waals surface area contributed by atoms with Gasteiger partial charge < -0.3 is 19.7 Å². The van der Waals surface area contributed by atoms with Crippen LogP contribution in [0.4, 0.5) is 5.69 Å². The predicted molar refractivity (Wildman–Crippen MR) is 126 cm³/mol. The molecule has 0 aliphatic carbocycles. The van der Waals surface area contributed by atoms with E-state index in [0.717, 1.165) is 23.1 Å². The third-order valence-corrected chi connectivity index (χ3v) is 6.74. The maximum Gasteiger partial charge on any atom is 0.254 e. The highest BCUT2D eigenvalue weighted by Crippen LogP contribution is 2.47. The smallest absolute Gasteiger partial charge is 0.254 e. The maximum absolute atomic E-state index is 13.9. The molecule has 0 bridgehead atoms. The van der Waals surface area contributed by atoms with Crippen molar-refractivity contribution in [3.8, 4) is 11.5 Å². The number of hydrogen-bond donors (Lipinski definition) is 1. The van der Waals surface area contributed by atoms with E-state index in [2.05, 4.69) is 11.4 Å². The molecule has 0 spiro atoms. The third kappa shape index (κ3) is 3.51. The zero-order valence-corrected chi connectivity index (χ0v) is 19.1. The zero-order chi connectivity index (χ0) is 23.1. The van der Waals surface area contributed by atoms with E-state index in [9.17, 15) is 9.59 Å². The quantitative estimate of drug-likeness (QED) is 0.602. The molecule has 0 radical (unpaired) electrons. The van der Waals surface area contributed by atoms with Crippen molar-refractivity contribution in [1.29, 1.82) is 0 Å². The summed E-state index contributed by atoms with van der Waals surface area (Å²) in [6.07, 6.45) is 0.761. The van der Waals surface area contributed by atoms with Gasteiger partial charge in [0.1, 0.15) is 11.5 Å². The Morgan fingerprint density at radius 1 is 1.00 bits per heavy atom. The van der Waals surface area contributed by atoms with Gasteiger partial charge in [0.25, 0.3) is 5.91 Å². The van der Waals surface area contributed by atoms with Gasteiger partial charge >= 0.3 is 0 Å². The summed E-state index contributed by atoms with van der Waals surface area (Å²) in [7, 11) is 3.04. The molecule has 0 saturated carbocycles. The second-order valence-corrected chi connectivity index (χ2v) is 8.54. The van der Waals surface area contributed by atoms with Gasteiger partial charge in [0.2, 0.25) is 5.91 Å². The average molecular weight is 463 g/mol. The molecule has 6 nitrogen and oxygen atoms in total.